The van der Waals surface area contributed by atoms with Crippen molar-refractivity contribution < 1.29 is 9.59 Å². The Balaban J connectivity index is 1.37. The van der Waals surface area contributed by atoms with E-state index < -0.39 is 11.9 Å². The lowest BCUT2D eigenvalue weighted by molar-refractivity contribution is -0.133. The average Bonchev–Trinajstić information content (AvgIpc) is 2.84. The Hall–Kier alpha value is -2.77. The fraction of sp³-hybridized carbons (Fsp3) is 0.480. The second-order valence-corrected chi connectivity index (χ2v) is 8.88. The Morgan fingerprint density at radius 2 is 1.69 bits per heavy atom. The minimum Gasteiger partial charge on any atom is -0.368 e. The topological polar surface area (TPSA) is 91.6 Å². The van der Waals surface area contributed by atoms with Crippen LogP contribution in [0.1, 0.15) is 42.9 Å². The van der Waals surface area contributed by atoms with Gasteiger partial charge in [-0.1, -0.05) is 43.2 Å². The zero-order valence-corrected chi connectivity index (χ0v) is 18.5. The van der Waals surface area contributed by atoms with E-state index in [1.54, 1.807) is 0 Å². The molecule has 3 atom stereocenters. The van der Waals surface area contributed by atoms with Gasteiger partial charge in [-0.05, 0) is 36.1 Å². The number of primary amides is 1. The number of carbonyl (C=O) groups excluding carboxylic acids is 2. The molecule has 2 fully saturated rings. The number of nitrogens with zero attached hydrogens (tertiary/aromatic N) is 3. The predicted molar refractivity (Wildman–Crippen MR) is 123 cm³/mol. The molecule has 1 aliphatic carbocycles. The molecule has 0 unspecified atom stereocenters. The summed E-state index contributed by atoms with van der Waals surface area (Å²) in [5.74, 6) is -0.690. The summed E-state index contributed by atoms with van der Waals surface area (Å²) in [5, 5.41) is 2.96. The summed E-state index contributed by atoms with van der Waals surface area (Å²) in [6, 6.07) is 12.8. The highest BCUT2D eigenvalue weighted by atomic mass is 16.2. The predicted octanol–water partition coefficient (Wildman–Crippen LogP) is 2.10. The zero-order chi connectivity index (χ0) is 22.3. The first-order valence-corrected chi connectivity index (χ1v) is 11.6. The number of amides is 2. The van der Waals surface area contributed by atoms with E-state index in [1.165, 1.54) is 5.56 Å². The molecule has 7 heteroatoms. The number of pyridine rings is 1. The molecule has 2 aliphatic rings. The number of aromatic nitrogens is 1. The van der Waals surface area contributed by atoms with E-state index in [4.69, 9.17) is 5.73 Å². The molecule has 1 aromatic carbocycles. The van der Waals surface area contributed by atoms with Gasteiger partial charge in [-0.15, -0.1) is 0 Å². The number of piperazine rings is 1. The fourth-order valence-corrected chi connectivity index (χ4v) is 5.07. The third-order valence-electron chi connectivity index (χ3n) is 6.80. The smallest absolute Gasteiger partial charge is 0.244 e. The highest BCUT2D eigenvalue weighted by Gasteiger charge is 2.37. The van der Waals surface area contributed by atoms with Crippen LogP contribution in [0, 0.1) is 5.92 Å². The molecular formula is C25H33N5O2. The van der Waals surface area contributed by atoms with Gasteiger partial charge in [0.2, 0.25) is 11.8 Å². The van der Waals surface area contributed by atoms with Crippen LogP contribution in [0.4, 0.5) is 0 Å². The minimum atomic E-state index is -0.788. The molecule has 4 rings (SSSR count). The molecule has 7 nitrogen and oxygen atoms in total. The van der Waals surface area contributed by atoms with Crippen molar-refractivity contribution in [2.24, 2.45) is 11.7 Å². The normalized spacial score (nSPS) is 23.4. The van der Waals surface area contributed by atoms with E-state index in [2.05, 4.69) is 32.2 Å². The second kappa shape index (κ2) is 10.7. The number of nitrogens with two attached hydrogens (primary N) is 1. The van der Waals surface area contributed by atoms with Gasteiger partial charge in [0.25, 0.3) is 0 Å². The molecule has 0 radical (unpaired) electrons. The van der Waals surface area contributed by atoms with Gasteiger partial charge in [-0.3, -0.25) is 24.4 Å². The molecule has 1 aromatic heterocycles. The van der Waals surface area contributed by atoms with Gasteiger partial charge in [0.15, 0.2) is 0 Å². The van der Waals surface area contributed by atoms with Crippen LogP contribution in [0.25, 0.3) is 0 Å². The van der Waals surface area contributed by atoms with Gasteiger partial charge in [0.1, 0.15) is 6.04 Å². The van der Waals surface area contributed by atoms with Gasteiger partial charge < -0.3 is 11.1 Å². The molecule has 2 heterocycles. The number of nitrogens with one attached hydrogen (secondary N) is 1. The molecule has 0 bridgehead atoms. The summed E-state index contributed by atoms with van der Waals surface area (Å²) >= 11 is 0. The molecule has 1 aliphatic heterocycles. The van der Waals surface area contributed by atoms with Crippen LogP contribution < -0.4 is 11.1 Å². The summed E-state index contributed by atoms with van der Waals surface area (Å²) in [6.45, 7) is 4.82. The molecule has 170 valence electrons. The first kappa shape index (κ1) is 22.4. The average molecular weight is 436 g/mol. The van der Waals surface area contributed by atoms with Gasteiger partial charge >= 0.3 is 0 Å². The Bertz CT molecular complexity index is 884. The van der Waals surface area contributed by atoms with Crippen molar-refractivity contribution in [2.75, 3.05) is 26.2 Å². The van der Waals surface area contributed by atoms with Crippen molar-refractivity contribution in [2.45, 2.75) is 44.3 Å². The van der Waals surface area contributed by atoms with Crippen molar-refractivity contribution in [1.82, 2.24) is 20.1 Å². The monoisotopic (exact) mass is 435 g/mol. The summed E-state index contributed by atoms with van der Waals surface area (Å²) in [5.41, 5.74) is 7.64. The molecule has 1 saturated carbocycles. The van der Waals surface area contributed by atoms with E-state index >= 15 is 0 Å². The quantitative estimate of drug-likeness (QED) is 0.695. The fourth-order valence-electron chi connectivity index (χ4n) is 5.07. The maximum absolute atomic E-state index is 13.3. The number of rotatable bonds is 7. The van der Waals surface area contributed by atoms with Crippen LogP contribution in [-0.4, -0.2) is 58.8 Å². The highest BCUT2D eigenvalue weighted by molar-refractivity contribution is 5.88. The summed E-state index contributed by atoms with van der Waals surface area (Å²) in [6.07, 6.45) is 7.74. The number of hydrogen-bond donors (Lipinski definition) is 2. The Morgan fingerprint density at radius 3 is 2.38 bits per heavy atom. The zero-order valence-electron chi connectivity index (χ0n) is 18.5. The summed E-state index contributed by atoms with van der Waals surface area (Å²) in [4.78, 5) is 34.4. The van der Waals surface area contributed by atoms with Crippen LogP contribution in [0.3, 0.4) is 0 Å². The van der Waals surface area contributed by atoms with Crippen LogP contribution in [0.5, 0.6) is 0 Å². The Labute approximate surface area is 190 Å². The van der Waals surface area contributed by atoms with E-state index in [9.17, 15) is 9.59 Å². The van der Waals surface area contributed by atoms with Crippen molar-refractivity contribution >= 4 is 11.8 Å². The Morgan fingerprint density at radius 1 is 1.00 bits per heavy atom. The second-order valence-electron chi connectivity index (χ2n) is 8.88. The third-order valence-corrected chi connectivity index (χ3v) is 6.80. The van der Waals surface area contributed by atoms with Crippen molar-refractivity contribution in [3.8, 4) is 0 Å². The lowest BCUT2D eigenvalue weighted by atomic mass is 9.82. The lowest BCUT2D eigenvalue weighted by Crippen LogP contribution is -2.55. The van der Waals surface area contributed by atoms with E-state index in [0.717, 1.165) is 64.0 Å². The van der Waals surface area contributed by atoms with Crippen LogP contribution >= 0.6 is 0 Å². The SMILES string of the molecule is NC(=O)[C@@H](NC(=O)[C@@H]1CCCC[C@H]1N1CCN(Cc2ccncc2)CC1)c1ccccc1. The molecule has 3 N–H and O–H groups in total. The standard InChI is InChI=1S/C25H33N5O2/c26-24(31)23(20-6-2-1-3-7-20)28-25(32)21-8-4-5-9-22(21)30-16-14-29(15-17-30)18-19-10-12-27-13-11-19/h1-3,6-7,10-13,21-23H,4-5,8-9,14-18H2,(H2,26,31)(H,28,32)/t21-,22-,23+/m1/s1. The summed E-state index contributed by atoms with van der Waals surface area (Å²) in [7, 11) is 0. The first-order chi connectivity index (χ1) is 15.6. The van der Waals surface area contributed by atoms with Crippen molar-refractivity contribution in [3.63, 3.8) is 0 Å². The van der Waals surface area contributed by atoms with Gasteiger partial charge in [-0.2, -0.15) is 0 Å². The van der Waals surface area contributed by atoms with Gasteiger partial charge in [0.05, 0.1) is 5.92 Å². The molecular weight excluding hydrogens is 402 g/mol. The number of benzene rings is 1. The third kappa shape index (κ3) is 5.53. The Kier molecular flexibility index (Phi) is 7.50. The van der Waals surface area contributed by atoms with E-state index in [0.29, 0.717) is 0 Å². The van der Waals surface area contributed by atoms with Crippen molar-refractivity contribution in [3.05, 3.63) is 66.0 Å². The van der Waals surface area contributed by atoms with Gasteiger partial charge in [0, 0.05) is 51.2 Å². The lowest BCUT2D eigenvalue weighted by Gasteiger charge is -2.44. The molecule has 0 spiro atoms. The van der Waals surface area contributed by atoms with E-state index in [1.807, 2.05) is 42.7 Å². The van der Waals surface area contributed by atoms with Gasteiger partial charge in [-0.25, -0.2) is 0 Å². The molecule has 1 saturated heterocycles. The van der Waals surface area contributed by atoms with Crippen LogP contribution in [0.2, 0.25) is 0 Å². The van der Waals surface area contributed by atoms with Crippen LogP contribution in [0.15, 0.2) is 54.9 Å². The number of carbonyl (C=O) groups is 2. The summed E-state index contributed by atoms with van der Waals surface area (Å²) < 4.78 is 0. The maximum atomic E-state index is 13.3. The molecule has 32 heavy (non-hydrogen) atoms. The molecule has 2 amide bonds. The maximum Gasteiger partial charge on any atom is 0.244 e. The first-order valence-electron chi connectivity index (χ1n) is 11.6. The largest absolute Gasteiger partial charge is 0.368 e. The minimum absolute atomic E-state index is 0.0541. The van der Waals surface area contributed by atoms with Crippen molar-refractivity contribution in [1.29, 1.82) is 0 Å². The van der Waals surface area contributed by atoms with Crippen LogP contribution in [-0.2, 0) is 16.1 Å². The molecule has 2 aromatic rings. The number of hydrogen-bond acceptors (Lipinski definition) is 5. The highest BCUT2D eigenvalue weighted by Crippen LogP contribution is 2.30. The van der Waals surface area contributed by atoms with E-state index in [-0.39, 0.29) is 17.9 Å².